The van der Waals surface area contributed by atoms with Gasteiger partial charge in [-0.1, -0.05) is 64.8 Å². The molecular formula is C17H16Br2. The summed E-state index contributed by atoms with van der Waals surface area (Å²) in [5.74, 6) is 0.552. The third-order valence-electron chi connectivity index (χ3n) is 4.53. The van der Waals surface area contributed by atoms with Crippen LogP contribution in [0, 0.1) is 5.92 Å². The normalized spacial score (nSPS) is 15.5. The van der Waals surface area contributed by atoms with Gasteiger partial charge in [0.2, 0.25) is 0 Å². The highest BCUT2D eigenvalue weighted by Gasteiger charge is 2.41. The van der Waals surface area contributed by atoms with Gasteiger partial charge in [-0.05, 0) is 52.4 Å². The lowest BCUT2D eigenvalue weighted by Crippen LogP contribution is -2.27. The van der Waals surface area contributed by atoms with Gasteiger partial charge in [0.15, 0.2) is 0 Å². The van der Waals surface area contributed by atoms with Crippen LogP contribution in [-0.4, -0.2) is 0 Å². The highest BCUT2D eigenvalue weighted by Crippen LogP contribution is 2.53. The minimum Gasteiger partial charge on any atom is -0.0616 e. The molecule has 2 aromatic carbocycles. The summed E-state index contributed by atoms with van der Waals surface area (Å²) < 4.78 is 2.31. The Morgan fingerprint density at radius 1 is 0.842 bits per heavy atom. The number of rotatable bonds is 1. The Bertz CT molecular complexity index is 605. The molecule has 0 unspecified atom stereocenters. The molecule has 0 fully saturated rings. The summed E-state index contributed by atoms with van der Waals surface area (Å²) >= 11 is 7.23. The van der Waals surface area contributed by atoms with Gasteiger partial charge in [0, 0.05) is 14.4 Å². The van der Waals surface area contributed by atoms with Crippen LogP contribution in [-0.2, 0) is 5.41 Å². The molecule has 0 amide bonds. The second-order valence-electron chi connectivity index (χ2n) is 5.74. The van der Waals surface area contributed by atoms with Crippen molar-refractivity contribution in [3.63, 3.8) is 0 Å². The van der Waals surface area contributed by atoms with E-state index in [1.54, 1.807) is 0 Å². The molecular weight excluding hydrogens is 364 g/mol. The Balaban J connectivity index is 2.39. The van der Waals surface area contributed by atoms with Gasteiger partial charge in [0.25, 0.3) is 0 Å². The smallest absolute Gasteiger partial charge is 0.0210 e. The molecule has 0 saturated heterocycles. The molecule has 2 aromatic rings. The quantitative estimate of drug-likeness (QED) is 0.557. The van der Waals surface area contributed by atoms with Crippen molar-refractivity contribution in [1.29, 1.82) is 0 Å². The third-order valence-corrected chi connectivity index (χ3v) is 5.51. The van der Waals surface area contributed by atoms with Gasteiger partial charge in [-0.2, -0.15) is 0 Å². The number of hydrogen-bond acceptors (Lipinski definition) is 0. The molecule has 1 aliphatic rings. The van der Waals surface area contributed by atoms with Crippen molar-refractivity contribution in [2.75, 3.05) is 0 Å². The van der Waals surface area contributed by atoms with E-state index in [0.717, 1.165) is 8.95 Å². The molecule has 0 spiro atoms. The van der Waals surface area contributed by atoms with Crippen LogP contribution >= 0.6 is 31.9 Å². The van der Waals surface area contributed by atoms with Crippen LogP contribution in [0.4, 0.5) is 0 Å². The van der Waals surface area contributed by atoms with Crippen molar-refractivity contribution in [1.82, 2.24) is 0 Å². The van der Waals surface area contributed by atoms with Crippen LogP contribution in [0.5, 0.6) is 0 Å². The zero-order valence-electron chi connectivity index (χ0n) is 11.3. The molecule has 0 nitrogen and oxygen atoms in total. The predicted molar refractivity (Wildman–Crippen MR) is 88.6 cm³/mol. The van der Waals surface area contributed by atoms with E-state index >= 15 is 0 Å². The van der Waals surface area contributed by atoms with Crippen molar-refractivity contribution >= 4 is 31.9 Å². The summed E-state index contributed by atoms with van der Waals surface area (Å²) in [7, 11) is 0. The highest BCUT2D eigenvalue weighted by molar-refractivity contribution is 9.10. The van der Waals surface area contributed by atoms with Crippen LogP contribution in [0.15, 0.2) is 45.3 Å². The molecule has 2 heteroatoms. The van der Waals surface area contributed by atoms with Gasteiger partial charge >= 0.3 is 0 Å². The van der Waals surface area contributed by atoms with Crippen molar-refractivity contribution < 1.29 is 0 Å². The lowest BCUT2D eigenvalue weighted by Gasteiger charge is -2.32. The lowest BCUT2D eigenvalue weighted by molar-refractivity contribution is 0.414. The van der Waals surface area contributed by atoms with E-state index in [4.69, 9.17) is 0 Å². The first kappa shape index (κ1) is 13.4. The van der Waals surface area contributed by atoms with E-state index in [1.165, 1.54) is 22.3 Å². The molecule has 19 heavy (non-hydrogen) atoms. The largest absolute Gasteiger partial charge is 0.0616 e. The van der Waals surface area contributed by atoms with Crippen molar-refractivity contribution in [2.24, 2.45) is 5.92 Å². The maximum absolute atomic E-state index is 3.62. The number of benzene rings is 2. The Labute approximate surface area is 131 Å². The molecule has 0 aromatic heterocycles. The van der Waals surface area contributed by atoms with Crippen molar-refractivity contribution in [2.45, 2.75) is 26.2 Å². The topological polar surface area (TPSA) is 0 Å². The van der Waals surface area contributed by atoms with Crippen LogP contribution in [0.2, 0.25) is 0 Å². The van der Waals surface area contributed by atoms with Crippen LogP contribution in [0.1, 0.15) is 31.9 Å². The summed E-state index contributed by atoms with van der Waals surface area (Å²) in [6.45, 7) is 6.97. The molecule has 0 N–H and O–H groups in total. The molecule has 1 aliphatic carbocycles. The Hall–Kier alpha value is -0.600. The molecule has 0 aliphatic heterocycles. The first-order chi connectivity index (χ1) is 8.94. The molecule has 0 heterocycles. The fourth-order valence-corrected chi connectivity index (χ4v) is 3.85. The monoisotopic (exact) mass is 378 g/mol. The minimum atomic E-state index is 0.0816. The van der Waals surface area contributed by atoms with E-state index in [-0.39, 0.29) is 5.41 Å². The zero-order valence-corrected chi connectivity index (χ0v) is 14.5. The van der Waals surface area contributed by atoms with E-state index in [9.17, 15) is 0 Å². The maximum Gasteiger partial charge on any atom is 0.0210 e. The second-order valence-corrected chi connectivity index (χ2v) is 7.57. The Morgan fingerprint density at radius 3 is 1.63 bits per heavy atom. The van der Waals surface area contributed by atoms with Gasteiger partial charge in [-0.3, -0.25) is 0 Å². The van der Waals surface area contributed by atoms with Crippen molar-refractivity contribution in [3.05, 3.63) is 56.5 Å². The zero-order chi connectivity index (χ0) is 13.8. The number of halogens is 2. The summed E-state index contributed by atoms with van der Waals surface area (Å²) in [4.78, 5) is 0. The molecule has 3 rings (SSSR count). The molecule has 0 atom stereocenters. The van der Waals surface area contributed by atoms with E-state index in [1.807, 2.05) is 0 Å². The minimum absolute atomic E-state index is 0.0816. The number of hydrogen-bond donors (Lipinski definition) is 0. The van der Waals surface area contributed by atoms with Gasteiger partial charge in [-0.15, -0.1) is 0 Å². The maximum atomic E-state index is 3.62. The summed E-state index contributed by atoms with van der Waals surface area (Å²) in [6, 6.07) is 13.3. The summed E-state index contributed by atoms with van der Waals surface area (Å²) in [5, 5.41) is 0. The molecule has 0 saturated carbocycles. The SMILES string of the molecule is CC(C)C1(C)c2cc(Br)ccc2-c2ccc(Br)cc21. The second kappa shape index (κ2) is 4.46. The standard InChI is InChI=1S/C17H16Br2/c1-10(2)17(3)15-8-11(18)4-6-13(15)14-7-5-12(19)9-16(14)17/h4-10H,1-3H3. The average molecular weight is 380 g/mol. The van der Waals surface area contributed by atoms with Crippen LogP contribution in [0.3, 0.4) is 0 Å². The summed E-state index contributed by atoms with van der Waals surface area (Å²) in [6.07, 6.45) is 0. The Morgan fingerprint density at radius 2 is 1.26 bits per heavy atom. The average Bonchev–Trinajstić information content (AvgIpc) is 2.60. The Kier molecular flexibility index (Phi) is 3.14. The first-order valence-electron chi connectivity index (χ1n) is 6.55. The molecule has 0 radical (unpaired) electrons. The van der Waals surface area contributed by atoms with Gasteiger partial charge in [-0.25, -0.2) is 0 Å². The van der Waals surface area contributed by atoms with Gasteiger partial charge in [0.05, 0.1) is 0 Å². The van der Waals surface area contributed by atoms with Gasteiger partial charge < -0.3 is 0 Å². The van der Waals surface area contributed by atoms with Crippen molar-refractivity contribution in [3.8, 4) is 11.1 Å². The lowest BCUT2D eigenvalue weighted by atomic mass is 9.71. The molecule has 98 valence electrons. The summed E-state index contributed by atoms with van der Waals surface area (Å²) in [5.41, 5.74) is 5.71. The van der Waals surface area contributed by atoms with Gasteiger partial charge in [0.1, 0.15) is 0 Å². The van der Waals surface area contributed by atoms with E-state index in [0.29, 0.717) is 5.92 Å². The predicted octanol–water partition coefficient (Wildman–Crippen LogP) is 6.15. The fourth-order valence-electron chi connectivity index (χ4n) is 3.13. The third kappa shape index (κ3) is 1.84. The van der Waals surface area contributed by atoms with E-state index < -0.39 is 0 Å². The highest BCUT2D eigenvalue weighted by atomic mass is 79.9. The molecule has 0 bridgehead atoms. The first-order valence-corrected chi connectivity index (χ1v) is 8.13. The van der Waals surface area contributed by atoms with Crippen LogP contribution < -0.4 is 0 Å². The van der Waals surface area contributed by atoms with Crippen LogP contribution in [0.25, 0.3) is 11.1 Å². The van der Waals surface area contributed by atoms with E-state index in [2.05, 4.69) is 89.0 Å². The number of fused-ring (bicyclic) bond motifs is 3. The fraction of sp³-hybridized carbons (Fsp3) is 0.294.